The Bertz CT molecular complexity index is 631. The SMILES string of the molecule is COc1cc(F)ccc1NC=C(C#N)c1nn[nH]n1. The minimum absolute atomic E-state index is 0.163. The second-order valence-corrected chi connectivity index (χ2v) is 3.39. The second kappa shape index (κ2) is 5.59. The highest BCUT2D eigenvalue weighted by Crippen LogP contribution is 2.25. The molecule has 0 aliphatic carbocycles. The summed E-state index contributed by atoms with van der Waals surface area (Å²) in [4.78, 5) is 0. The average Bonchev–Trinajstić information content (AvgIpc) is 2.94. The number of methoxy groups -OCH3 is 1. The van der Waals surface area contributed by atoms with E-state index in [4.69, 9.17) is 10.00 Å². The Morgan fingerprint density at radius 2 is 2.42 bits per heavy atom. The zero-order valence-corrected chi connectivity index (χ0v) is 9.88. The lowest BCUT2D eigenvalue weighted by Gasteiger charge is -2.07. The summed E-state index contributed by atoms with van der Waals surface area (Å²) in [5.74, 6) is 0.0720. The number of halogens is 1. The number of anilines is 1. The number of aromatic nitrogens is 4. The minimum atomic E-state index is -0.412. The van der Waals surface area contributed by atoms with Crippen LogP contribution in [0.5, 0.6) is 5.75 Å². The highest BCUT2D eigenvalue weighted by Gasteiger charge is 2.07. The predicted octanol–water partition coefficient (Wildman–Crippen LogP) is 1.32. The van der Waals surface area contributed by atoms with Crippen LogP contribution in [0.25, 0.3) is 5.57 Å². The molecule has 0 saturated heterocycles. The zero-order valence-electron chi connectivity index (χ0n) is 9.88. The van der Waals surface area contributed by atoms with Crippen molar-refractivity contribution in [3.63, 3.8) is 0 Å². The Hall–Kier alpha value is -2.95. The number of ether oxygens (including phenoxy) is 1. The fourth-order valence-electron chi connectivity index (χ4n) is 1.36. The zero-order chi connectivity index (χ0) is 13.7. The number of aromatic amines is 1. The highest BCUT2D eigenvalue weighted by atomic mass is 19.1. The molecule has 7 nitrogen and oxygen atoms in total. The van der Waals surface area contributed by atoms with Crippen LogP contribution in [-0.4, -0.2) is 27.7 Å². The van der Waals surface area contributed by atoms with Crippen molar-refractivity contribution in [1.82, 2.24) is 20.6 Å². The van der Waals surface area contributed by atoms with Gasteiger partial charge >= 0.3 is 0 Å². The summed E-state index contributed by atoms with van der Waals surface area (Å²) in [6.07, 6.45) is 1.39. The third-order valence-electron chi connectivity index (χ3n) is 2.24. The summed E-state index contributed by atoms with van der Waals surface area (Å²) in [6.45, 7) is 0. The lowest BCUT2D eigenvalue weighted by atomic mass is 10.2. The quantitative estimate of drug-likeness (QED) is 0.804. The molecule has 8 heteroatoms. The number of nitrogens with one attached hydrogen (secondary N) is 2. The van der Waals surface area contributed by atoms with E-state index in [9.17, 15) is 4.39 Å². The van der Waals surface area contributed by atoms with Crippen molar-refractivity contribution in [3.8, 4) is 11.8 Å². The van der Waals surface area contributed by atoms with Crippen molar-refractivity contribution in [1.29, 1.82) is 5.26 Å². The van der Waals surface area contributed by atoms with E-state index in [2.05, 4.69) is 25.9 Å². The second-order valence-electron chi connectivity index (χ2n) is 3.39. The van der Waals surface area contributed by atoms with Crippen LogP contribution < -0.4 is 10.1 Å². The molecule has 0 aliphatic heterocycles. The van der Waals surface area contributed by atoms with Gasteiger partial charge in [-0.3, -0.25) is 0 Å². The van der Waals surface area contributed by atoms with Crippen molar-refractivity contribution < 1.29 is 9.13 Å². The maximum Gasteiger partial charge on any atom is 0.216 e. The minimum Gasteiger partial charge on any atom is -0.494 e. The molecule has 1 aromatic heterocycles. The summed E-state index contributed by atoms with van der Waals surface area (Å²) in [5.41, 5.74) is 0.695. The predicted molar refractivity (Wildman–Crippen MR) is 64.3 cm³/mol. The number of nitriles is 1. The largest absolute Gasteiger partial charge is 0.494 e. The van der Waals surface area contributed by atoms with E-state index in [0.717, 1.165) is 0 Å². The van der Waals surface area contributed by atoms with Gasteiger partial charge in [-0.2, -0.15) is 10.5 Å². The lowest BCUT2D eigenvalue weighted by molar-refractivity contribution is 0.413. The van der Waals surface area contributed by atoms with Crippen LogP contribution in [-0.2, 0) is 0 Å². The first-order valence-electron chi connectivity index (χ1n) is 5.18. The van der Waals surface area contributed by atoms with Crippen LogP contribution in [0.3, 0.4) is 0 Å². The number of nitrogens with zero attached hydrogens (tertiary/aromatic N) is 4. The summed E-state index contributed by atoms with van der Waals surface area (Å²) < 4.78 is 18.0. The Morgan fingerprint density at radius 3 is 3.05 bits per heavy atom. The van der Waals surface area contributed by atoms with E-state index in [1.165, 1.54) is 31.5 Å². The number of hydrogen-bond donors (Lipinski definition) is 2. The van der Waals surface area contributed by atoms with E-state index < -0.39 is 5.82 Å². The van der Waals surface area contributed by atoms with Crippen molar-refractivity contribution >= 4 is 11.3 Å². The molecule has 2 rings (SSSR count). The fourth-order valence-corrected chi connectivity index (χ4v) is 1.36. The Labute approximate surface area is 107 Å². The van der Waals surface area contributed by atoms with Gasteiger partial charge in [0.15, 0.2) is 0 Å². The molecule has 0 bridgehead atoms. The normalized spacial score (nSPS) is 10.9. The molecule has 2 aromatic rings. The summed E-state index contributed by atoms with van der Waals surface area (Å²) in [5, 5.41) is 24.8. The van der Waals surface area contributed by atoms with Crippen LogP contribution in [0.15, 0.2) is 24.4 Å². The van der Waals surface area contributed by atoms with Crippen LogP contribution >= 0.6 is 0 Å². The summed E-state index contributed by atoms with van der Waals surface area (Å²) in [6, 6.07) is 5.93. The number of H-pyrrole nitrogens is 1. The standard InChI is InChI=1S/C11H9FN6O/c1-19-10-4-8(12)2-3-9(10)14-6-7(5-13)11-15-17-18-16-11/h2-4,6,14H,1H3,(H,15,16,17,18). The van der Waals surface area contributed by atoms with Gasteiger partial charge in [0, 0.05) is 12.3 Å². The van der Waals surface area contributed by atoms with Crippen LogP contribution in [0.2, 0.25) is 0 Å². The van der Waals surface area contributed by atoms with Crippen molar-refractivity contribution in [2.75, 3.05) is 12.4 Å². The maximum atomic E-state index is 13.0. The van der Waals surface area contributed by atoms with Gasteiger partial charge < -0.3 is 10.1 Å². The van der Waals surface area contributed by atoms with Gasteiger partial charge in [0.05, 0.1) is 12.8 Å². The van der Waals surface area contributed by atoms with Crippen molar-refractivity contribution in [2.24, 2.45) is 0 Å². The van der Waals surface area contributed by atoms with E-state index in [1.54, 1.807) is 0 Å². The molecule has 0 atom stereocenters. The molecular formula is C11H9FN6O. The van der Waals surface area contributed by atoms with E-state index in [-0.39, 0.29) is 11.4 Å². The third kappa shape index (κ3) is 2.84. The fraction of sp³-hybridized carbons (Fsp3) is 0.0909. The molecule has 96 valence electrons. The molecule has 0 spiro atoms. The smallest absolute Gasteiger partial charge is 0.216 e. The first kappa shape index (κ1) is 12.5. The van der Waals surface area contributed by atoms with Gasteiger partial charge in [0.25, 0.3) is 0 Å². The van der Waals surface area contributed by atoms with E-state index >= 15 is 0 Å². The van der Waals surface area contributed by atoms with E-state index in [0.29, 0.717) is 11.4 Å². The Balaban J connectivity index is 2.24. The lowest BCUT2D eigenvalue weighted by Crippen LogP contribution is -1.96. The summed E-state index contributed by atoms with van der Waals surface area (Å²) in [7, 11) is 1.42. The maximum absolute atomic E-state index is 13.0. The van der Waals surface area contributed by atoms with Crippen molar-refractivity contribution in [3.05, 3.63) is 36.0 Å². The number of hydrogen-bond acceptors (Lipinski definition) is 6. The molecule has 0 unspecified atom stereocenters. The molecule has 1 aromatic carbocycles. The first-order chi connectivity index (χ1) is 9.24. The monoisotopic (exact) mass is 260 g/mol. The molecule has 0 amide bonds. The molecule has 1 heterocycles. The topological polar surface area (TPSA) is 99.5 Å². The first-order valence-corrected chi connectivity index (χ1v) is 5.18. The number of benzene rings is 1. The van der Waals surface area contributed by atoms with Crippen molar-refractivity contribution in [2.45, 2.75) is 0 Å². The average molecular weight is 260 g/mol. The summed E-state index contributed by atoms with van der Waals surface area (Å²) >= 11 is 0. The van der Waals surface area contributed by atoms with E-state index in [1.807, 2.05) is 6.07 Å². The Kier molecular flexibility index (Phi) is 3.68. The van der Waals surface area contributed by atoms with Gasteiger partial charge in [-0.15, -0.1) is 10.2 Å². The van der Waals surface area contributed by atoms with Crippen LogP contribution in [0.1, 0.15) is 5.82 Å². The Morgan fingerprint density at radius 1 is 1.58 bits per heavy atom. The number of tetrazole rings is 1. The van der Waals surface area contributed by atoms with Crippen LogP contribution in [0, 0.1) is 17.1 Å². The third-order valence-corrected chi connectivity index (χ3v) is 2.24. The van der Waals surface area contributed by atoms with Gasteiger partial charge in [-0.05, 0) is 17.3 Å². The number of allylic oxidation sites excluding steroid dienone is 1. The highest BCUT2D eigenvalue weighted by molar-refractivity contribution is 5.74. The van der Waals surface area contributed by atoms with Gasteiger partial charge in [0.1, 0.15) is 23.2 Å². The number of rotatable bonds is 4. The molecule has 0 aliphatic rings. The van der Waals surface area contributed by atoms with Gasteiger partial charge in [-0.1, -0.05) is 0 Å². The molecule has 0 radical (unpaired) electrons. The molecule has 0 saturated carbocycles. The molecule has 2 N–H and O–H groups in total. The van der Waals surface area contributed by atoms with Gasteiger partial charge in [-0.25, -0.2) is 4.39 Å². The molecule has 0 fully saturated rings. The molecule has 19 heavy (non-hydrogen) atoms. The van der Waals surface area contributed by atoms with Crippen LogP contribution in [0.4, 0.5) is 10.1 Å². The van der Waals surface area contributed by atoms with Gasteiger partial charge in [0.2, 0.25) is 5.82 Å². The molecular weight excluding hydrogens is 251 g/mol.